The number of hydrogen-bond donors (Lipinski definition) is 0. The molecule has 0 radical (unpaired) electrons. The van der Waals surface area contributed by atoms with Gasteiger partial charge in [-0.25, -0.2) is 0 Å². The van der Waals surface area contributed by atoms with Gasteiger partial charge in [0.2, 0.25) is 5.91 Å². The van der Waals surface area contributed by atoms with Gasteiger partial charge < -0.3 is 19.3 Å². The maximum Gasteiger partial charge on any atom is 0.246 e. The van der Waals surface area contributed by atoms with E-state index < -0.39 is 0 Å². The molecule has 0 aromatic heterocycles. The van der Waals surface area contributed by atoms with E-state index in [0.717, 1.165) is 24.2 Å². The smallest absolute Gasteiger partial charge is 0.246 e. The minimum Gasteiger partial charge on any atom is -0.497 e. The van der Waals surface area contributed by atoms with Crippen molar-refractivity contribution in [2.45, 2.75) is 25.8 Å². The van der Waals surface area contributed by atoms with Crippen LogP contribution in [-0.4, -0.2) is 45.2 Å². The first-order valence-corrected chi connectivity index (χ1v) is 10.1. The number of piperidine rings is 1. The maximum absolute atomic E-state index is 12.5. The zero-order valence-corrected chi connectivity index (χ0v) is 17.6. The van der Waals surface area contributed by atoms with E-state index >= 15 is 0 Å². The number of methoxy groups -OCH3 is 2. The Balaban J connectivity index is 1.59. The standard InChI is InChI=1S/C24H30N2O3/c1-25(18-19-7-10-21(11-8-19)26-13-5-4-6-14-26)24(27)12-9-20-15-22(28-2)17-23(16-20)29-3/h7-12,15-17H,4-6,13-14,18H2,1-3H3/b12-9+. The van der Waals surface area contributed by atoms with Gasteiger partial charge in [0.1, 0.15) is 11.5 Å². The zero-order chi connectivity index (χ0) is 20.6. The molecule has 0 saturated carbocycles. The molecule has 0 bridgehead atoms. The highest BCUT2D eigenvalue weighted by Crippen LogP contribution is 2.23. The van der Waals surface area contributed by atoms with Crippen molar-refractivity contribution in [3.63, 3.8) is 0 Å². The van der Waals surface area contributed by atoms with Crippen LogP contribution in [0.15, 0.2) is 48.5 Å². The van der Waals surface area contributed by atoms with E-state index in [1.54, 1.807) is 37.3 Å². The van der Waals surface area contributed by atoms with Crippen LogP contribution in [0.5, 0.6) is 11.5 Å². The van der Waals surface area contributed by atoms with Crippen LogP contribution in [0.2, 0.25) is 0 Å². The summed E-state index contributed by atoms with van der Waals surface area (Å²) >= 11 is 0. The highest BCUT2D eigenvalue weighted by Gasteiger charge is 2.11. The van der Waals surface area contributed by atoms with Crippen LogP contribution in [0.25, 0.3) is 6.08 Å². The Hall–Kier alpha value is -2.95. The van der Waals surface area contributed by atoms with Crippen LogP contribution >= 0.6 is 0 Å². The van der Waals surface area contributed by atoms with Crippen molar-refractivity contribution in [3.05, 3.63) is 59.7 Å². The van der Waals surface area contributed by atoms with Crippen molar-refractivity contribution in [1.29, 1.82) is 0 Å². The lowest BCUT2D eigenvalue weighted by Crippen LogP contribution is -2.29. The summed E-state index contributed by atoms with van der Waals surface area (Å²) in [5, 5.41) is 0. The number of hydrogen-bond acceptors (Lipinski definition) is 4. The zero-order valence-electron chi connectivity index (χ0n) is 17.6. The van der Waals surface area contributed by atoms with E-state index in [0.29, 0.717) is 18.0 Å². The molecule has 1 amide bonds. The number of ether oxygens (including phenoxy) is 2. The van der Waals surface area contributed by atoms with Gasteiger partial charge in [0.05, 0.1) is 14.2 Å². The number of rotatable bonds is 7. The number of likely N-dealkylation sites (N-methyl/N-ethyl adjacent to an activating group) is 1. The first-order valence-electron chi connectivity index (χ1n) is 10.1. The molecule has 0 N–H and O–H groups in total. The number of anilines is 1. The van der Waals surface area contributed by atoms with Crippen LogP contribution < -0.4 is 14.4 Å². The van der Waals surface area contributed by atoms with Crippen LogP contribution in [0, 0.1) is 0 Å². The predicted molar refractivity (Wildman–Crippen MR) is 118 cm³/mol. The molecular weight excluding hydrogens is 364 g/mol. The minimum atomic E-state index is -0.0492. The first kappa shape index (κ1) is 20.8. The summed E-state index contributed by atoms with van der Waals surface area (Å²) in [6, 6.07) is 14.1. The second-order valence-corrected chi connectivity index (χ2v) is 7.39. The Morgan fingerprint density at radius 2 is 1.62 bits per heavy atom. The number of carbonyl (C=O) groups excluding carboxylic acids is 1. The number of nitrogens with zero attached hydrogens (tertiary/aromatic N) is 2. The molecule has 0 unspecified atom stereocenters. The summed E-state index contributed by atoms with van der Waals surface area (Å²) < 4.78 is 10.5. The molecule has 1 heterocycles. The molecular formula is C24H30N2O3. The fraction of sp³-hybridized carbons (Fsp3) is 0.375. The van der Waals surface area contributed by atoms with Crippen LogP contribution in [0.4, 0.5) is 5.69 Å². The van der Waals surface area contributed by atoms with Crippen molar-refractivity contribution in [2.24, 2.45) is 0 Å². The molecule has 154 valence electrons. The van der Waals surface area contributed by atoms with Crippen LogP contribution in [-0.2, 0) is 11.3 Å². The lowest BCUT2D eigenvalue weighted by Gasteiger charge is -2.29. The molecule has 1 aliphatic rings. The number of carbonyl (C=O) groups is 1. The van der Waals surface area contributed by atoms with Gasteiger partial charge in [-0.15, -0.1) is 0 Å². The molecule has 0 aliphatic carbocycles. The largest absolute Gasteiger partial charge is 0.497 e. The van der Waals surface area contributed by atoms with Crippen molar-refractivity contribution in [2.75, 3.05) is 39.3 Å². The summed E-state index contributed by atoms with van der Waals surface area (Å²) in [5.74, 6) is 1.34. The van der Waals surface area contributed by atoms with Crippen molar-refractivity contribution in [3.8, 4) is 11.5 Å². The summed E-state index contributed by atoms with van der Waals surface area (Å²) in [6.07, 6.45) is 7.23. The molecule has 3 rings (SSSR count). The molecule has 1 aliphatic heterocycles. The van der Waals surface area contributed by atoms with Gasteiger partial charge in [-0.1, -0.05) is 12.1 Å². The summed E-state index contributed by atoms with van der Waals surface area (Å²) in [5.41, 5.74) is 3.25. The molecule has 1 fully saturated rings. The second-order valence-electron chi connectivity index (χ2n) is 7.39. The van der Waals surface area contributed by atoms with Gasteiger partial charge in [0.15, 0.2) is 0 Å². The van der Waals surface area contributed by atoms with E-state index in [-0.39, 0.29) is 5.91 Å². The van der Waals surface area contributed by atoms with Gasteiger partial charge in [-0.3, -0.25) is 4.79 Å². The Kier molecular flexibility index (Phi) is 7.17. The SMILES string of the molecule is COc1cc(/C=C/C(=O)N(C)Cc2ccc(N3CCCCC3)cc2)cc(OC)c1. The Morgan fingerprint density at radius 3 is 2.21 bits per heavy atom. The highest BCUT2D eigenvalue weighted by atomic mass is 16.5. The normalized spacial score (nSPS) is 14.1. The topological polar surface area (TPSA) is 42.0 Å². The molecule has 1 saturated heterocycles. The lowest BCUT2D eigenvalue weighted by atomic mass is 10.1. The van der Waals surface area contributed by atoms with E-state index in [1.807, 2.05) is 19.2 Å². The molecule has 5 nitrogen and oxygen atoms in total. The average Bonchev–Trinajstić information content (AvgIpc) is 2.78. The van der Waals surface area contributed by atoms with Crippen molar-refractivity contribution >= 4 is 17.7 Å². The van der Waals surface area contributed by atoms with Gasteiger partial charge in [-0.2, -0.15) is 0 Å². The van der Waals surface area contributed by atoms with E-state index in [4.69, 9.17) is 9.47 Å². The molecule has 29 heavy (non-hydrogen) atoms. The summed E-state index contributed by atoms with van der Waals surface area (Å²) in [7, 11) is 5.03. The minimum absolute atomic E-state index is 0.0492. The molecule has 2 aromatic carbocycles. The van der Waals surface area contributed by atoms with E-state index in [9.17, 15) is 4.79 Å². The van der Waals surface area contributed by atoms with E-state index in [1.165, 1.54) is 24.9 Å². The predicted octanol–water partition coefficient (Wildman–Crippen LogP) is 4.37. The third kappa shape index (κ3) is 5.76. The van der Waals surface area contributed by atoms with Gasteiger partial charge >= 0.3 is 0 Å². The fourth-order valence-electron chi connectivity index (χ4n) is 3.54. The van der Waals surface area contributed by atoms with Crippen LogP contribution in [0.1, 0.15) is 30.4 Å². The summed E-state index contributed by atoms with van der Waals surface area (Å²) in [4.78, 5) is 16.7. The van der Waals surface area contributed by atoms with Crippen molar-refractivity contribution < 1.29 is 14.3 Å². The monoisotopic (exact) mass is 394 g/mol. The quantitative estimate of drug-likeness (QED) is 0.654. The summed E-state index contributed by atoms with van der Waals surface area (Å²) in [6.45, 7) is 2.85. The molecule has 0 spiro atoms. The maximum atomic E-state index is 12.5. The second kappa shape index (κ2) is 10.0. The van der Waals surface area contributed by atoms with Gasteiger partial charge in [-0.05, 0) is 60.7 Å². The highest BCUT2D eigenvalue weighted by molar-refractivity contribution is 5.91. The van der Waals surface area contributed by atoms with Crippen LogP contribution in [0.3, 0.4) is 0 Å². The fourth-order valence-corrected chi connectivity index (χ4v) is 3.54. The Bertz CT molecular complexity index is 817. The Morgan fingerprint density at radius 1 is 1.00 bits per heavy atom. The number of amides is 1. The third-order valence-electron chi connectivity index (χ3n) is 5.25. The van der Waals surface area contributed by atoms with Gasteiger partial charge in [0, 0.05) is 44.5 Å². The Labute approximate surface area is 173 Å². The lowest BCUT2D eigenvalue weighted by molar-refractivity contribution is -0.125. The number of benzene rings is 2. The average molecular weight is 395 g/mol. The molecule has 2 aromatic rings. The van der Waals surface area contributed by atoms with Crippen molar-refractivity contribution in [1.82, 2.24) is 4.90 Å². The third-order valence-corrected chi connectivity index (χ3v) is 5.25. The first-order chi connectivity index (χ1) is 14.1. The molecule has 5 heteroatoms. The van der Waals surface area contributed by atoms with E-state index in [2.05, 4.69) is 29.2 Å². The van der Waals surface area contributed by atoms with Gasteiger partial charge in [0.25, 0.3) is 0 Å². The molecule has 0 atom stereocenters.